The Morgan fingerprint density at radius 2 is 2.30 bits per heavy atom. The molecule has 0 aromatic carbocycles. The Morgan fingerprint density at radius 3 is 3.09 bits per heavy atom. The lowest BCUT2D eigenvalue weighted by Gasteiger charge is -2.12. The van der Waals surface area contributed by atoms with Crippen LogP contribution in [0.15, 0.2) is 21.0 Å². The van der Waals surface area contributed by atoms with E-state index in [1.165, 1.54) is 11.3 Å². The van der Waals surface area contributed by atoms with E-state index in [-0.39, 0.29) is 30.8 Å². The summed E-state index contributed by atoms with van der Waals surface area (Å²) in [5, 5.41) is 7.11. The molecule has 9 heteroatoms. The summed E-state index contributed by atoms with van der Waals surface area (Å²) in [6, 6.07) is 1.37. The van der Waals surface area contributed by atoms with Crippen LogP contribution in [0.25, 0.3) is 10.2 Å². The van der Waals surface area contributed by atoms with Gasteiger partial charge in [-0.15, -0.1) is 11.3 Å². The Kier molecular flexibility index (Phi) is 4.77. The first-order valence-electron chi connectivity index (χ1n) is 7.49. The van der Waals surface area contributed by atoms with Crippen LogP contribution < -0.4 is 21.9 Å². The molecule has 23 heavy (non-hydrogen) atoms. The van der Waals surface area contributed by atoms with Gasteiger partial charge in [0.25, 0.3) is 5.56 Å². The van der Waals surface area contributed by atoms with Crippen molar-refractivity contribution in [2.75, 3.05) is 19.7 Å². The SMILES string of the molecule is O=C(NCCn1c(=O)[nH]c2ccsc2c1=O)NC[C@H]1CCCO1. The van der Waals surface area contributed by atoms with Gasteiger partial charge in [-0.2, -0.15) is 0 Å². The van der Waals surface area contributed by atoms with Gasteiger partial charge in [0, 0.05) is 26.2 Å². The van der Waals surface area contributed by atoms with Crippen LogP contribution in [0.3, 0.4) is 0 Å². The average Bonchev–Trinajstić information content (AvgIpc) is 3.19. The maximum atomic E-state index is 12.2. The Morgan fingerprint density at radius 1 is 1.43 bits per heavy atom. The third-order valence-corrected chi connectivity index (χ3v) is 4.63. The van der Waals surface area contributed by atoms with Gasteiger partial charge in [-0.05, 0) is 24.3 Å². The first-order valence-corrected chi connectivity index (χ1v) is 8.37. The first kappa shape index (κ1) is 15.8. The molecule has 1 saturated heterocycles. The highest BCUT2D eigenvalue weighted by Gasteiger charge is 2.16. The van der Waals surface area contributed by atoms with Crippen LogP contribution in [-0.2, 0) is 11.3 Å². The number of aromatic nitrogens is 2. The van der Waals surface area contributed by atoms with Crippen LogP contribution in [0.1, 0.15) is 12.8 Å². The lowest BCUT2D eigenvalue weighted by molar-refractivity contribution is 0.111. The van der Waals surface area contributed by atoms with Crippen LogP contribution in [-0.4, -0.2) is 41.4 Å². The van der Waals surface area contributed by atoms with Gasteiger partial charge in [0.1, 0.15) is 4.70 Å². The number of hydrogen-bond acceptors (Lipinski definition) is 5. The Labute approximate surface area is 135 Å². The molecule has 1 aliphatic rings. The minimum atomic E-state index is -0.470. The summed E-state index contributed by atoms with van der Waals surface area (Å²) in [5.74, 6) is 0. The van der Waals surface area contributed by atoms with Crippen LogP contribution in [0.5, 0.6) is 0 Å². The smallest absolute Gasteiger partial charge is 0.328 e. The minimum Gasteiger partial charge on any atom is -0.376 e. The summed E-state index contributed by atoms with van der Waals surface area (Å²) in [4.78, 5) is 38.4. The zero-order valence-electron chi connectivity index (χ0n) is 12.5. The molecule has 0 bridgehead atoms. The molecule has 0 unspecified atom stereocenters. The number of amides is 2. The number of fused-ring (bicyclic) bond motifs is 1. The van der Waals surface area contributed by atoms with Crippen molar-refractivity contribution in [2.45, 2.75) is 25.5 Å². The van der Waals surface area contributed by atoms with Crippen LogP contribution in [0, 0.1) is 0 Å². The number of carbonyl (C=O) groups excluding carboxylic acids is 1. The average molecular weight is 338 g/mol. The summed E-state index contributed by atoms with van der Waals surface area (Å²) in [5.41, 5.74) is -0.258. The number of carbonyl (C=O) groups is 1. The highest BCUT2D eigenvalue weighted by atomic mass is 32.1. The van der Waals surface area contributed by atoms with Gasteiger partial charge in [0.15, 0.2) is 0 Å². The topological polar surface area (TPSA) is 105 Å². The van der Waals surface area contributed by atoms with Crippen LogP contribution >= 0.6 is 11.3 Å². The van der Waals surface area contributed by atoms with E-state index in [0.717, 1.165) is 24.0 Å². The van der Waals surface area contributed by atoms with Crippen molar-refractivity contribution in [1.82, 2.24) is 20.2 Å². The van der Waals surface area contributed by atoms with E-state index in [9.17, 15) is 14.4 Å². The highest BCUT2D eigenvalue weighted by Crippen LogP contribution is 2.12. The molecule has 0 saturated carbocycles. The second kappa shape index (κ2) is 6.97. The Balaban J connectivity index is 1.53. The molecule has 0 aliphatic carbocycles. The van der Waals surface area contributed by atoms with Crippen molar-refractivity contribution in [3.05, 3.63) is 32.3 Å². The van der Waals surface area contributed by atoms with Crippen LogP contribution in [0.2, 0.25) is 0 Å². The Hall–Kier alpha value is -2.13. The van der Waals surface area contributed by atoms with Gasteiger partial charge in [0.2, 0.25) is 0 Å². The maximum Gasteiger partial charge on any atom is 0.328 e. The molecule has 1 aliphatic heterocycles. The van der Waals surface area contributed by atoms with Crippen molar-refractivity contribution in [3.63, 3.8) is 0 Å². The molecule has 2 aromatic rings. The lowest BCUT2D eigenvalue weighted by atomic mass is 10.2. The van der Waals surface area contributed by atoms with E-state index in [1.54, 1.807) is 11.4 Å². The van der Waals surface area contributed by atoms with Crippen LogP contribution in [0.4, 0.5) is 4.79 Å². The number of hydrogen-bond donors (Lipinski definition) is 3. The number of nitrogens with one attached hydrogen (secondary N) is 3. The Bertz CT molecular complexity index is 803. The van der Waals surface area contributed by atoms with Crippen molar-refractivity contribution in [3.8, 4) is 0 Å². The van der Waals surface area contributed by atoms with Crippen molar-refractivity contribution in [1.29, 1.82) is 0 Å². The second-order valence-electron chi connectivity index (χ2n) is 5.32. The first-order chi connectivity index (χ1) is 11.1. The number of ether oxygens (including phenoxy) is 1. The molecule has 8 nitrogen and oxygen atoms in total. The van der Waals surface area contributed by atoms with E-state index in [0.29, 0.717) is 16.8 Å². The van der Waals surface area contributed by atoms with Crippen molar-refractivity contribution in [2.24, 2.45) is 0 Å². The molecule has 1 fully saturated rings. The number of thiophene rings is 1. The summed E-state index contributed by atoms with van der Waals surface area (Å²) in [7, 11) is 0. The fourth-order valence-corrected chi connectivity index (χ4v) is 3.33. The third-order valence-electron chi connectivity index (χ3n) is 3.73. The molecule has 3 rings (SSSR count). The van der Waals surface area contributed by atoms with Gasteiger partial charge in [-0.3, -0.25) is 9.36 Å². The summed E-state index contributed by atoms with van der Waals surface area (Å²) in [6.45, 7) is 1.52. The zero-order chi connectivity index (χ0) is 16.2. The molecule has 1 atom stereocenters. The van der Waals surface area contributed by atoms with E-state index >= 15 is 0 Å². The second-order valence-corrected chi connectivity index (χ2v) is 6.24. The predicted molar refractivity (Wildman–Crippen MR) is 87.1 cm³/mol. The molecule has 3 N–H and O–H groups in total. The largest absolute Gasteiger partial charge is 0.376 e. The fraction of sp³-hybridized carbons (Fsp3) is 0.500. The standard InChI is InChI=1S/C14H18N4O4S/c19-12-11-10(3-7-23-11)17-14(21)18(12)5-4-15-13(20)16-8-9-2-1-6-22-9/h3,7,9H,1-2,4-6,8H2,(H,17,21)(H2,15,16,20)/t9-/m1/s1. The van der Waals surface area contributed by atoms with E-state index in [1.807, 2.05) is 0 Å². The molecule has 0 spiro atoms. The van der Waals surface area contributed by atoms with Gasteiger partial charge in [0.05, 0.1) is 11.6 Å². The predicted octanol–water partition coefficient (Wildman–Crippen LogP) is 0.230. The van der Waals surface area contributed by atoms with Gasteiger partial charge < -0.3 is 20.4 Å². The normalized spacial score (nSPS) is 17.5. The fourth-order valence-electron chi connectivity index (χ4n) is 2.53. The zero-order valence-corrected chi connectivity index (χ0v) is 13.3. The summed E-state index contributed by atoms with van der Waals surface area (Å²) in [6.07, 6.45) is 2.05. The van der Waals surface area contributed by atoms with E-state index in [2.05, 4.69) is 15.6 Å². The summed E-state index contributed by atoms with van der Waals surface area (Å²) < 4.78 is 7.01. The number of rotatable bonds is 5. The number of H-pyrrole nitrogens is 1. The van der Waals surface area contributed by atoms with Crippen molar-refractivity contribution >= 4 is 27.6 Å². The van der Waals surface area contributed by atoms with Gasteiger partial charge >= 0.3 is 11.7 Å². The molecular formula is C14H18N4O4S. The molecular weight excluding hydrogens is 320 g/mol. The minimum absolute atomic E-state index is 0.0763. The monoisotopic (exact) mass is 338 g/mol. The van der Waals surface area contributed by atoms with E-state index in [4.69, 9.17) is 4.74 Å². The number of urea groups is 1. The quantitative estimate of drug-likeness (QED) is 0.726. The van der Waals surface area contributed by atoms with Gasteiger partial charge in [-0.1, -0.05) is 0 Å². The third kappa shape index (κ3) is 3.62. The lowest BCUT2D eigenvalue weighted by Crippen LogP contribution is -2.43. The molecule has 2 aromatic heterocycles. The highest BCUT2D eigenvalue weighted by molar-refractivity contribution is 7.17. The van der Waals surface area contributed by atoms with Gasteiger partial charge in [-0.25, -0.2) is 9.59 Å². The maximum absolute atomic E-state index is 12.2. The molecule has 124 valence electrons. The molecule has 2 amide bonds. The number of aromatic amines is 1. The number of nitrogens with zero attached hydrogens (tertiary/aromatic N) is 1. The molecule has 0 radical (unpaired) electrons. The van der Waals surface area contributed by atoms with E-state index < -0.39 is 5.69 Å². The van der Waals surface area contributed by atoms with Crippen molar-refractivity contribution < 1.29 is 9.53 Å². The summed E-state index contributed by atoms with van der Waals surface area (Å²) >= 11 is 1.28. The molecule has 3 heterocycles.